The Bertz CT molecular complexity index is 464. The van der Waals surface area contributed by atoms with E-state index in [1.54, 1.807) is 12.1 Å². The van der Waals surface area contributed by atoms with Crippen molar-refractivity contribution in [1.29, 1.82) is 0 Å². The average Bonchev–Trinajstić information content (AvgIpc) is 2.37. The summed E-state index contributed by atoms with van der Waals surface area (Å²) in [5.41, 5.74) is 0.950. The largest absolute Gasteiger partial charge is 0.374 e. The number of nitro groups is 1. The van der Waals surface area contributed by atoms with Crippen LogP contribution in [0.4, 0.5) is 5.69 Å². The van der Waals surface area contributed by atoms with E-state index in [4.69, 9.17) is 4.74 Å². The molecule has 2 unspecified atom stereocenters. The Hall–Kier alpha value is -0.940. The van der Waals surface area contributed by atoms with Gasteiger partial charge < -0.3 is 4.74 Å². The molecule has 0 saturated heterocycles. The van der Waals surface area contributed by atoms with Crippen LogP contribution in [0.1, 0.15) is 38.2 Å². The van der Waals surface area contributed by atoms with E-state index < -0.39 is 0 Å². The number of benzene rings is 1. The van der Waals surface area contributed by atoms with Gasteiger partial charge in [0, 0.05) is 6.07 Å². The van der Waals surface area contributed by atoms with Crippen molar-refractivity contribution in [2.75, 3.05) is 0 Å². The second kappa shape index (κ2) is 6.48. The van der Waals surface area contributed by atoms with Crippen LogP contribution in [0, 0.1) is 16.0 Å². The first-order valence-corrected chi connectivity index (χ1v) is 7.40. The summed E-state index contributed by atoms with van der Waals surface area (Å²) in [6.07, 6.45) is 4.99. The first-order chi connectivity index (χ1) is 9.06. The predicted molar refractivity (Wildman–Crippen MR) is 77.0 cm³/mol. The van der Waals surface area contributed by atoms with Gasteiger partial charge in [0.05, 0.1) is 22.1 Å². The SMILES string of the molecule is CC1CCCC(OCc2ccc(Br)c([N+](=O)[O-])c2)C1. The van der Waals surface area contributed by atoms with E-state index in [1.807, 2.05) is 6.07 Å². The Kier molecular flexibility index (Phi) is 4.93. The van der Waals surface area contributed by atoms with Gasteiger partial charge >= 0.3 is 0 Å². The zero-order valence-electron chi connectivity index (χ0n) is 11.0. The number of ether oxygens (including phenoxy) is 1. The summed E-state index contributed by atoms with van der Waals surface area (Å²) in [6, 6.07) is 5.15. The Labute approximate surface area is 121 Å². The van der Waals surface area contributed by atoms with Crippen LogP contribution in [0.5, 0.6) is 0 Å². The fourth-order valence-electron chi connectivity index (χ4n) is 2.53. The highest BCUT2D eigenvalue weighted by Gasteiger charge is 2.20. The maximum Gasteiger partial charge on any atom is 0.283 e. The second-order valence-electron chi connectivity index (χ2n) is 5.25. The van der Waals surface area contributed by atoms with Gasteiger partial charge in [-0.1, -0.05) is 25.8 Å². The number of nitro benzene ring substituents is 1. The van der Waals surface area contributed by atoms with Gasteiger partial charge in [0.25, 0.3) is 5.69 Å². The van der Waals surface area contributed by atoms with E-state index in [-0.39, 0.29) is 10.6 Å². The Morgan fingerprint density at radius 2 is 2.26 bits per heavy atom. The minimum atomic E-state index is -0.379. The van der Waals surface area contributed by atoms with Crippen LogP contribution in [0.2, 0.25) is 0 Å². The monoisotopic (exact) mass is 327 g/mol. The minimum absolute atomic E-state index is 0.0955. The van der Waals surface area contributed by atoms with Gasteiger partial charge in [-0.15, -0.1) is 0 Å². The summed E-state index contributed by atoms with van der Waals surface area (Å²) in [4.78, 5) is 10.5. The van der Waals surface area contributed by atoms with E-state index in [9.17, 15) is 10.1 Å². The summed E-state index contributed by atoms with van der Waals surface area (Å²) in [5, 5.41) is 10.9. The van der Waals surface area contributed by atoms with Crippen molar-refractivity contribution in [2.24, 2.45) is 5.92 Å². The molecule has 1 aromatic carbocycles. The molecule has 5 heteroatoms. The van der Waals surface area contributed by atoms with Crippen molar-refractivity contribution in [3.8, 4) is 0 Å². The molecule has 0 aromatic heterocycles. The lowest BCUT2D eigenvalue weighted by Gasteiger charge is -2.26. The molecule has 0 heterocycles. The van der Waals surface area contributed by atoms with Crippen molar-refractivity contribution < 1.29 is 9.66 Å². The third-order valence-electron chi connectivity index (χ3n) is 3.58. The third-order valence-corrected chi connectivity index (χ3v) is 4.25. The molecule has 2 atom stereocenters. The summed E-state index contributed by atoms with van der Waals surface area (Å²) < 4.78 is 6.38. The maximum absolute atomic E-state index is 10.9. The Morgan fingerprint density at radius 3 is 2.95 bits per heavy atom. The minimum Gasteiger partial charge on any atom is -0.374 e. The Balaban J connectivity index is 1.96. The lowest BCUT2D eigenvalue weighted by Crippen LogP contribution is -2.21. The van der Waals surface area contributed by atoms with Gasteiger partial charge in [0.2, 0.25) is 0 Å². The van der Waals surface area contributed by atoms with Gasteiger partial charge in [-0.25, -0.2) is 0 Å². The van der Waals surface area contributed by atoms with Crippen molar-refractivity contribution in [3.63, 3.8) is 0 Å². The molecule has 0 bridgehead atoms. The molecule has 1 fully saturated rings. The number of rotatable bonds is 4. The van der Waals surface area contributed by atoms with Crippen molar-refractivity contribution in [3.05, 3.63) is 38.3 Å². The summed E-state index contributed by atoms with van der Waals surface area (Å²) in [5.74, 6) is 0.720. The van der Waals surface area contributed by atoms with Crippen molar-refractivity contribution >= 4 is 21.6 Å². The zero-order valence-corrected chi connectivity index (χ0v) is 12.6. The summed E-state index contributed by atoms with van der Waals surface area (Å²) >= 11 is 3.18. The van der Waals surface area contributed by atoms with E-state index >= 15 is 0 Å². The van der Waals surface area contributed by atoms with Crippen LogP contribution in [-0.2, 0) is 11.3 Å². The third kappa shape index (κ3) is 4.01. The molecule has 4 nitrogen and oxygen atoms in total. The van der Waals surface area contributed by atoms with E-state index in [1.165, 1.54) is 12.8 Å². The fraction of sp³-hybridized carbons (Fsp3) is 0.571. The summed E-state index contributed by atoms with van der Waals surface area (Å²) in [6.45, 7) is 2.70. The van der Waals surface area contributed by atoms with E-state index in [0.717, 1.165) is 24.3 Å². The van der Waals surface area contributed by atoms with Gasteiger partial charge in [0.15, 0.2) is 0 Å². The topological polar surface area (TPSA) is 52.4 Å². The number of halogens is 1. The normalized spacial score (nSPS) is 23.3. The zero-order chi connectivity index (χ0) is 13.8. The molecule has 0 spiro atoms. The van der Waals surface area contributed by atoms with Gasteiger partial charge in [0.1, 0.15) is 0 Å². The molecular formula is C14H18BrNO3. The lowest BCUT2D eigenvalue weighted by molar-refractivity contribution is -0.385. The van der Waals surface area contributed by atoms with Crippen LogP contribution in [0.15, 0.2) is 22.7 Å². The van der Waals surface area contributed by atoms with E-state index in [2.05, 4.69) is 22.9 Å². The van der Waals surface area contributed by atoms with Crippen LogP contribution in [-0.4, -0.2) is 11.0 Å². The fourth-order valence-corrected chi connectivity index (χ4v) is 2.92. The predicted octanol–water partition coefficient (Wildman–Crippen LogP) is 4.45. The van der Waals surface area contributed by atoms with Gasteiger partial charge in [-0.05, 0) is 46.3 Å². The quantitative estimate of drug-likeness (QED) is 0.606. The molecule has 19 heavy (non-hydrogen) atoms. The smallest absolute Gasteiger partial charge is 0.283 e. The molecule has 1 saturated carbocycles. The average molecular weight is 328 g/mol. The van der Waals surface area contributed by atoms with Crippen LogP contribution in [0.25, 0.3) is 0 Å². The van der Waals surface area contributed by atoms with Crippen LogP contribution in [0.3, 0.4) is 0 Å². The van der Waals surface area contributed by atoms with Crippen molar-refractivity contribution in [2.45, 2.75) is 45.3 Å². The molecule has 0 N–H and O–H groups in total. The molecule has 1 aromatic rings. The molecule has 1 aliphatic carbocycles. The van der Waals surface area contributed by atoms with Crippen LogP contribution >= 0.6 is 15.9 Å². The molecular weight excluding hydrogens is 310 g/mol. The molecule has 1 aliphatic rings. The first kappa shape index (κ1) is 14.5. The standard InChI is InChI=1S/C14H18BrNO3/c1-10-3-2-4-12(7-10)19-9-11-5-6-13(15)14(8-11)16(17)18/h5-6,8,10,12H,2-4,7,9H2,1H3. The second-order valence-corrected chi connectivity index (χ2v) is 6.10. The number of hydrogen-bond donors (Lipinski definition) is 0. The number of hydrogen-bond acceptors (Lipinski definition) is 3. The Morgan fingerprint density at radius 1 is 1.47 bits per heavy atom. The molecule has 0 radical (unpaired) electrons. The van der Waals surface area contributed by atoms with Gasteiger partial charge in [-0.2, -0.15) is 0 Å². The highest BCUT2D eigenvalue weighted by Crippen LogP contribution is 2.28. The first-order valence-electron chi connectivity index (χ1n) is 6.60. The molecule has 0 amide bonds. The lowest BCUT2D eigenvalue weighted by atomic mass is 9.89. The van der Waals surface area contributed by atoms with Crippen LogP contribution < -0.4 is 0 Å². The molecule has 104 valence electrons. The summed E-state index contributed by atoms with van der Waals surface area (Å²) in [7, 11) is 0. The molecule has 2 rings (SSSR count). The number of nitrogens with zero attached hydrogens (tertiary/aromatic N) is 1. The van der Waals surface area contributed by atoms with E-state index in [0.29, 0.717) is 17.2 Å². The maximum atomic E-state index is 10.9. The molecule has 0 aliphatic heterocycles. The highest BCUT2D eigenvalue weighted by molar-refractivity contribution is 9.10. The van der Waals surface area contributed by atoms with Crippen molar-refractivity contribution in [1.82, 2.24) is 0 Å². The highest BCUT2D eigenvalue weighted by atomic mass is 79.9. The van der Waals surface area contributed by atoms with Gasteiger partial charge in [-0.3, -0.25) is 10.1 Å².